The molecule has 0 amide bonds. The molecule has 5 rings (SSSR count). The summed E-state index contributed by atoms with van der Waals surface area (Å²) < 4.78 is 10.7. The third-order valence-electron chi connectivity index (χ3n) is 7.89. The second-order valence-electron chi connectivity index (χ2n) is 11.3. The molecule has 8 heteroatoms. The molecule has 0 N–H and O–H groups in total. The molecule has 1 aromatic heterocycles. The number of pyridine rings is 1. The summed E-state index contributed by atoms with van der Waals surface area (Å²) >= 11 is 0. The fourth-order valence-electron chi connectivity index (χ4n) is 5.56. The number of aromatic nitrogens is 1. The number of nitrogens with zero attached hydrogens (tertiary/aromatic N) is 5. The highest BCUT2D eigenvalue weighted by Crippen LogP contribution is 2.22. The molecule has 0 saturated carbocycles. The molecule has 0 aliphatic carbocycles. The topological polar surface area (TPSA) is 61.4 Å². The second-order valence-corrected chi connectivity index (χ2v) is 11.3. The predicted molar refractivity (Wildman–Crippen MR) is 162 cm³/mol. The van der Waals surface area contributed by atoms with Gasteiger partial charge < -0.3 is 14.4 Å². The molecule has 3 aromatic rings. The third kappa shape index (κ3) is 8.06. The smallest absolute Gasteiger partial charge is 0.342 e. The molecular formula is C33H43N5O3. The number of ether oxygens (including phenoxy) is 2. The van der Waals surface area contributed by atoms with Gasteiger partial charge in [-0.3, -0.25) is 14.7 Å². The molecule has 2 aliphatic rings. The first-order chi connectivity index (χ1) is 20.0. The zero-order valence-corrected chi connectivity index (χ0v) is 24.7. The Morgan fingerprint density at radius 3 is 1.66 bits per heavy atom. The van der Waals surface area contributed by atoms with Crippen LogP contribution in [0.1, 0.15) is 40.9 Å². The molecule has 0 atom stereocenters. The van der Waals surface area contributed by atoms with Crippen molar-refractivity contribution in [1.29, 1.82) is 0 Å². The van der Waals surface area contributed by atoms with E-state index in [2.05, 4.69) is 61.0 Å². The Labute approximate surface area is 244 Å². The Balaban J connectivity index is 1.05. The highest BCUT2D eigenvalue weighted by Gasteiger charge is 2.24. The number of carbonyl (C=O) groups is 1. The summed E-state index contributed by atoms with van der Waals surface area (Å²) in [6.07, 6.45) is 1.59. The van der Waals surface area contributed by atoms with Crippen molar-refractivity contribution in [2.45, 2.75) is 39.6 Å². The lowest BCUT2D eigenvalue weighted by Crippen LogP contribution is -2.46. The largest absolute Gasteiger partial charge is 0.497 e. The molecule has 41 heavy (non-hydrogen) atoms. The van der Waals surface area contributed by atoms with Crippen molar-refractivity contribution in [1.82, 2.24) is 19.7 Å². The summed E-state index contributed by atoms with van der Waals surface area (Å²) in [5, 5.41) is 0. The van der Waals surface area contributed by atoms with Gasteiger partial charge in [0.05, 0.1) is 13.2 Å². The average molecular weight is 558 g/mol. The number of rotatable bonds is 10. The standard InChI is InChI=1S/C33H43N5O3/c1-26(2)41-33(39)31-5-4-14-34-32(31)38-21-19-37(20-22-38)24-28-8-6-27(7-9-28)23-35-15-17-36(18-16-35)25-29-10-12-30(40-3)13-11-29/h4-14,26H,15-25H2,1-3H3. The molecule has 2 saturated heterocycles. The Morgan fingerprint density at radius 1 is 0.732 bits per heavy atom. The van der Waals surface area contributed by atoms with E-state index in [1.165, 1.54) is 16.7 Å². The maximum Gasteiger partial charge on any atom is 0.342 e. The first kappa shape index (κ1) is 29.0. The van der Waals surface area contributed by atoms with Crippen molar-refractivity contribution in [2.75, 3.05) is 64.4 Å². The second kappa shape index (κ2) is 13.9. The van der Waals surface area contributed by atoms with Gasteiger partial charge in [-0.25, -0.2) is 9.78 Å². The minimum absolute atomic E-state index is 0.153. The van der Waals surface area contributed by atoms with E-state index in [1.807, 2.05) is 32.0 Å². The van der Waals surface area contributed by atoms with Crippen molar-refractivity contribution < 1.29 is 14.3 Å². The van der Waals surface area contributed by atoms with Crippen molar-refractivity contribution in [2.24, 2.45) is 0 Å². The van der Waals surface area contributed by atoms with E-state index in [1.54, 1.807) is 19.4 Å². The highest BCUT2D eigenvalue weighted by atomic mass is 16.5. The normalized spacial score (nSPS) is 17.1. The molecule has 218 valence electrons. The van der Waals surface area contributed by atoms with Crippen LogP contribution >= 0.6 is 0 Å². The summed E-state index contributed by atoms with van der Waals surface area (Å²) in [5.74, 6) is 1.33. The lowest BCUT2D eigenvalue weighted by molar-refractivity contribution is 0.0378. The molecule has 0 bridgehead atoms. The van der Waals surface area contributed by atoms with Gasteiger partial charge in [0.15, 0.2) is 0 Å². The molecule has 2 aromatic carbocycles. The van der Waals surface area contributed by atoms with Gasteiger partial charge in [-0.15, -0.1) is 0 Å². The minimum Gasteiger partial charge on any atom is -0.497 e. The zero-order valence-electron chi connectivity index (χ0n) is 24.7. The molecule has 0 spiro atoms. The van der Waals surface area contributed by atoms with Crippen LogP contribution in [0.3, 0.4) is 0 Å². The van der Waals surface area contributed by atoms with Gasteiger partial charge in [-0.2, -0.15) is 0 Å². The quantitative estimate of drug-likeness (QED) is 0.342. The van der Waals surface area contributed by atoms with E-state index in [4.69, 9.17) is 9.47 Å². The van der Waals surface area contributed by atoms with E-state index in [0.717, 1.165) is 83.6 Å². The van der Waals surface area contributed by atoms with Crippen molar-refractivity contribution in [3.63, 3.8) is 0 Å². The molecule has 2 fully saturated rings. The first-order valence-electron chi connectivity index (χ1n) is 14.8. The van der Waals surface area contributed by atoms with Gasteiger partial charge in [0.25, 0.3) is 0 Å². The van der Waals surface area contributed by atoms with Gasteiger partial charge in [0.2, 0.25) is 0 Å². The molecule has 0 unspecified atom stereocenters. The Kier molecular flexibility index (Phi) is 9.88. The van der Waals surface area contributed by atoms with E-state index in [9.17, 15) is 4.79 Å². The summed E-state index contributed by atoms with van der Waals surface area (Å²) in [6, 6.07) is 21.1. The van der Waals surface area contributed by atoms with Gasteiger partial charge in [-0.1, -0.05) is 36.4 Å². The van der Waals surface area contributed by atoms with Gasteiger partial charge in [0, 0.05) is 78.2 Å². The number of hydrogen-bond acceptors (Lipinski definition) is 8. The van der Waals surface area contributed by atoms with Gasteiger partial charge >= 0.3 is 5.97 Å². The fourth-order valence-corrected chi connectivity index (χ4v) is 5.56. The van der Waals surface area contributed by atoms with E-state index < -0.39 is 0 Å². The van der Waals surface area contributed by atoms with Gasteiger partial charge in [-0.05, 0) is 54.8 Å². The van der Waals surface area contributed by atoms with Crippen LogP contribution in [-0.4, -0.2) is 91.2 Å². The summed E-state index contributed by atoms with van der Waals surface area (Å²) in [5.41, 5.74) is 4.59. The van der Waals surface area contributed by atoms with E-state index in [-0.39, 0.29) is 12.1 Å². The third-order valence-corrected chi connectivity index (χ3v) is 7.89. The molecule has 3 heterocycles. The lowest BCUT2D eigenvalue weighted by Gasteiger charge is -2.36. The summed E-state index contributed by atoms with van der Waals surface area (Å²) in [7, 11) is 1.71. The number of anilines is 1. The first-order valence-corrected chi connectivity index (χ1v) is 14.8. The molecule has 2 aliphatic heterocycles. The number of piperazine rings is 2. The Bertz CT molecular complexity index is 1250. The number of hydrogen-bond donors (Lipinski definition) is 0. The highest BCUT2D eigenvalue weighted by molar-refractivity contribution is 5.94. The van der Waals surface area contributed by atoms with Crippen LogP contribution in [0.25, 0.3) is 0 Å². The monoisotopic (exact) mass is 557 g/mol. The zero-order chi connectivity index (χ0) is 28.6. The van der Waals surface area contributed by atoms with Crippen LogP contribution in [0.5, 0.6) is 5.75 Å². The lowest BCUT2D eigenvalue weighted by atomic mass is 10.1. The van der Waals surface area contributed by atoms with Gasteiger partial charge in [0.1, 0.15) is 17.1 Å². The number of carbonyl (C=O) groups excluding carboxylic acids is 1. The van der Waals surface area contributed by atoms with Crippen LogP contribution in [0.2, 0.25) is 0 Å². The SMILES string of the molecule is COc1ccc(CN2CCN(Cc3ccc(CN4CCN(c5ncccc5C(=O)OC(C)C)CC4)cc3)CC2)cc1. The summed E-state index contributed by atoms with van der Waals surface area (Å²) in [6.45, 7) is 14.6. The van der Waals surface area contributed by atoms with Crippen LogP contribution in [0, 0.1) is 0 Å². The van der Waals surface area contributed by atoms with Crippen LogP contribution in [0.4, 0.5) is 5.82 Å². The van der Waals surface area contributed by atoms with Crippen LogP contribution in [-0.2, 0) is 24.4 Å². The fraction of sp³-hybridized carbons (Fsp3) is 0.455. The number of benzene rings is 2. The van der Waals surface area contributed by atoms with Crippen molar-refractivity contribution in [3.8, 4) is 5.75 Å². The maximum atomic E-state index is 12.6. The Hall–Kier alpha value is -3.46. The van der Waals surface area contributed by atoms with Crippen molar-refractivity contribution >= 4 is 11.8 Å². The van der Waals surface area contributed by atoms with Crippen LogP contribution < -0.4 is 9.64 Å². The predicted octanol–water partition coefficient (Wildman–Crippen LogP) is 4.30. The molecule has 0 radical (unpaired) electrons. The van der Waals surface area contributed by atoms with Crippen molar-refractivity contribution in [3.05, 3.63) is 89.1 Å². The van der Waals surface area contributed by atoms with E-state index in [0.29, 0.717) is 5.56 Å². The number of esters is 1. The molecular weight excluding hydrogens is 514 g/mol. The maximum absolute atomic E-state index is 12.6. The minimum atomic E-state index is -0.305. The average Bonchev–Trinajstić information content (AvgIpc) is 2.99. The molecule has 8 nitrogen and oxygen atoms in total. The van der Waals surface area contributed by atoms with E-state index >= 15 is 0 Å². The summed E-state index contributed by atoms with van der Waals surface area (Å²) in [4.78, 5) is 26.9. The van der Waals surface area contributed by atoms with Crippen LogP contribution in [0.15, 0.2) is 66.9 Å². The number of methoxy groups -OCH3 is 1. The Morgan fingerprint density at radius 2 is 1.20 bits per heavy atom.